The number of aromatic nitrogens is 1. The first-order chi connectivity index (χ1) is 12.1. The molecule has 2 aromatic carbocycles. The SMILES string of the molecule is O=C(c1ccc(Cl)cc1Cl)N(Cc1ccccn1)c1ccccc1O. The molecule has 0 spiro atoms. The Morgan fingerprint density at radius 2 is 1.80 bits per heavy atom. The van der Waals surface area contributed by atoms with E-state index in [4.69, 9.17) is 23.2 Å². The van der Waals surface area contributed by atoms with Crippen molar-refractivity contribution in [3.63, 3.8) is 0 Å². The van der Waals surface area contributed by atoms with Gasteiger partial charge in [0, 0.05) is 11.2 Å². The third-order valence-corrected chi connectivity index (χ3v) is 4.17. The molecule has 1 amide bonds. The number of carbonyl (C=O) groups is 1. The standard InChI is InChI=1S/C19H14Cl2N2O2/c20-13-8-9-15(16(21)11-13)19(25)23(12-14-5-3-4-10-22-14)17-6-1-2-7-18(17)24/h1-11,24H,12H2. The molecule has 6 heteroatoms. The molecule has 0 saturated carbocycles. The van der Waals surface area contributed by atoms with Crippen molar-refractivity contribution in [2.24, 2.45) is 0 Å². The van der Waals surface area contributed by atoms with E-state index in [1.807, 2.05) is 12.1 Å². The van der Waals surface area contributed by atoms with Crippen LogP contribution in [-0.4, -0.2) is 16.0 Å². The highest BCUT2D eigenvalue weighted by Crippen LogP contribution is 2.31. The number of halogens is 2. The Morgan fingerprint density at radius 1 is 1.04 bits per heavy atom. The third kappa shape index (κ3) is 3.92. The molecule has 1 heterocycles. The predicted octanol–water partition coefficient (Wildman–Crippen LogP) is 4.94. The molecule has 3 aromatic rings. The van der Waals surface area contributed by atoms with Crippen LogP contribution >= 0.6 is 23.2 Å². The van der Waals surface area contributed by atoms with Crippen LogP contribution in [0.25, 0.3) is 0 Å². The minimum atomic E-state index is -0.353. The molecular formula is C19H14Cl2N2O2. The van der Waals surface area contributed by atoms with E-state index in [2.05, 4.69) is 4.98 Å². The number of hydrogen-bond acceptors (Lipinski definition) is 3. The zero-order valence-electron chi connectivity index (χ0n) is 13.1. The Labute approximate surface area is 155 Å². The van der Waals surface area contributed by atoms with Gasteiger partial charge in [-0.05, 0) is 42.5 Å². The number of pyridine rings is 1. The lowest BCUT2D eigenvalue weighted by Gasteiger charge is -2.24. The zero-order chi connectivity index (χ0) is 17.8. The van der Waals surface area contributed by atoms with Crippen LogP contribution in [-0.2, 0) is 6.54 Å². The molecule has 0 atom stereocenters. The summed E-state index contributed by atoms with van der Waals surface area (Å²) in [5.74, 6) is -0.356. The second-order valence-electron chi connectivity index (χ2n) is 5.33. The van der Waals surface area contributed by atoms with Crippen molar-refractivity contribution in [2.75, 3.05) is 4.90 Å². The highest BCUT2D eigenvalue weighted by Gasteiger charge is 2.23. The predicted molar refractivity (Wildman–Crippen MR) is 99.3 cm³/mol. The normalized spacial score (nSPS) is 10.5. The number of phenolic OH excluding ortho intramolecular Hbond substituents is 1. The fraction of sp³-hybridized carbons (Fsp3) is 0.0526. The van der Waals surface area contributed by atoms with Crippen LogP contribution in [0.3, 0.4) is 0 Å². The molecule has 0 fully saturated rings. The largest absolute Gasteiger partial charge is 0.506 e. The molecule has 0 unspecified atom stereocenters. The molecule has 3 rings (SSSR count). The van der Waals surface area contributed by atoms with Gasteiger partial charge in [-0.3, -0.25) is 14.7 Å². The molecule has 0 radical (unpaired) electrons. The molecule has 1 N–H and O–H groups in total. The zero-order valence-corrected chi connectivity index (χ0v) is 14.6. The number of rotatable bonds is 4. The van der Waals surface area contributed by atoms with Gasteiger partial charge >= 0.3 is 0 Å². The van der Waals surface area contributed by atoms with Crippen molar-refractivity contribution >= 4 is 34.8 Å². The summed E-state index contributed by atoms with van der Waals surface area (Å²) in [5, 5.41) is 10.9. The van der Waals surface area contributed by atoms with Crippen molar-refractivity contribution in [1.29, 1.82) is 0 Å². The van der Waals surface area contributed by atoms with E-state index in [-0.39, 0.29) is 23.2 Å². The summed E-state index contributed by atoms with van der Waals surface area (Å²) in [6.07, 6.45) is 1.65. The van der Waals surface area contributed by atoms with Crippen LogP contribution in [0, 0.1) is 0 Å². The summed E-state index contributed by atoms with van der Waals surface area (Å²) in [4.78, 5) is 18.8. The number of phenols is 1. The lowest BCUT2D eigenvalue weighted by atomic mass is 10.1. The van der Waals surface area contributed by atoms with Gasteiger partial charge in [-0.1, -0.05) is 41.4 Å². The Hall–Kier alpha value is -2.56. The molecule has 4 nitrogen and oxygen atoms in total. The number of aromatic hydroxyl groups is 1. The average Bonchev–Trinajstić information content (AvgIpc) is 2.61. The lowest BCUT2D eigenvalue weighted by molar-refractivity contribution is 0.0984. The van der Waals surface area contributed by atoms with Gasteiger partial charge in [-0.15, -0.1) is 0 Å². The summed E-state index contributed by atoms with van der Waals surface area (Å²) in [6, 6.07) is 16.8. The molecule has 0 bridgehead atoms. The maximum absolute atomic E-state index is 13.1. The van der Waals surface area contributed by atoms with Gasteiger partial charge in [0.25, 0.3) is 5.91 Å². The highest BCUT2D eigenvalue weighted by molar-refractivity contribution is 6.37. The molecule has 0 aliphatic heterocycles. The summed E-state index contributed by atoms with van der Waals surface area (Å²) in [6.45, 7) is 0.191. The molecular weight excluding hydrogens is 359 g/mol. The van der Waals surface area contributed by atoms with Crippen LogP contribution in [0.2, 0.25) is 10.0 Å². The van der Waals surface area contributed by atoms with Gasteiger partial charge in [0.05, 0.1) is 28.5 Å². The summed E-state index contributed by atoms with van der Waals surface area (Å²) < 4.78 is 0. The number of hydrogen-bond donors (Lipinski definition) is 1. The van der Waals surface area contributed by atoms with Gasteiger partial charge < -0.3 is 5.11 Å². The molecule has 0 aliphatic carbocycles. The van der Waals surface area contributed by atoms with E-state index in [1.54, 1.807) is 42.6 Å². The lowest BCUT2D eigenvalue weighted by Crippen LogP contribution is -2.31. The highest BCUT2D eigenvalue weighted by atomic mass is 35.5. The van der Waals surface area contributed by atoms with Gasteiger partial charge in [0.1, 0.15) is 5.75 Å². The van der Waals surface area contributed by atoms with Gasteiger partial charge in [-0.25, -0.2) is 0 Å². The van der Waals surface area contributed by atoms with Crippen molar-refractivity contribution < 1.29 is 9.90 Å². The first kappa shape index (κ1) is 17.3. The second-order valence-corrected chi connectivity index (χ2v) is 6.17. The Kier molecular flexibility index (Phi) is 5.22. The average molecular weight is 373 g/mol. The fourth-order valence-corrected chi connectivity index (χ4v) is 2.91. The van der Waals surface area contributed by atoms with E-state index in [9.17, 15) is 9.90 Å². The third-order valence-electron chi connectivity index (χ3n) is 3.63. The van der Waals surface area contributed by atoms with Crippen LogP contribution in [0.1, 0.15) is 16.1 Å². The number of amides is 1. The van der Waals surface area contributed by atoms with Crippen LogP contribution in [0.5, 0.6) is 5.75 Å². The number of carbonyl (C=O) groups excluding carboxylic acids is 1. The molecule has 25 heavy (non-hydrogen) atoms. The van der Waals surface area contributed by atoms with Crippen LogP contribution in [0.15, 0.2) is 66.9 Å². The van der Waals surface area contributed by atoms with Crippen LogP contribution < -0.4 is 4.90 Å². The van der Waals surface area contributed by atoms with E-state index in [0.29, 0.717) is 22.0 Å². The van der Waals surface area contributed by atoms with E-state index in [0.717, 1.165) is 0 Å². The van der Waals surface area contributed by atoms with E-state index in [1.165, 1.54) is 17.0 Å². The van der Waals surface area contributed by atoms with Gasteiger partial charge in [0.15, 0.2) is 0 Å². The first-order valence-corrected chi connectivity index (χ1v) is 8.26. The number of nitrogens with zero attached hydrogens (tertiary/aromatic N) is 2. The molecule has 126 valence electrons. The van der Waals surface area contributed by atoms with Gasteiger partial charge in [0.2, 0.25) is 0 Å². The minimum absolute atomic E-state index is 0.00290. The molecule has 1 aromatic heterocycles. The first-order valence-electron chi connectivity index (χ1n) is 7.51. The molecule has 0 saturated heterocycles. The van der Waals surface area contributed by atoms with Gasteiger partial charge in [-0.2, -0.15) is 0 Å². The van der Waals surface area contributed by atoms with Crippen molar-refractivity contribution in [1.82, 2.24) is 4.98 Å². The maximum atomic E-state index is 13.1. The number of anilines is 1. The summed E-state index contributed by atoms with van der Waals surface area (Å²) in [7, 11) is 0. The Morgan fingerprint density at radius 3 is 2.48 bits per heavy atom. The minimum Gasteiger partial charge on any atom is -0.506 e. The van der Waals surface area contributed by atoms with Crippen molar-refractivity contribution in [3.8, 4) is 5.75 Å². The summed E-state index contributed by atoms with van der Waals surface area (Å²) in [5.41, 5.74) is 1.36. The van der Waals surface area contributed by atoms with Crippen molar-refractivity contribution in [2.45, 2.75) is 6.54 Å². The second kappa shape index (κ2) is 7.55. The van der Waals surface area contributed by atoms with Crippen LogP contribution in [0.4, 0.5) is 5.69 Å². The Bertz CT molecular complexity index is 901. The smallest absolute Gasteiger partial charge is 0.260 e. The van der Waals surface area contributed by atoms with E-state index >= 15 is 0 Å². The molecule has 0 aliphatic rings. The quantitative estimate of drug-likeness (QED) is 0.705. The fourth-order valence-electron chi connectivity index (χ4n) is 2.42. The monoisotopic (exact) mass is 372 g/mol. The topological polar surface area (TPSA) is 53.4 Å². The Balaban J connectivity index is 2.04. The van der Waals surface area contributed by atoms with Crippen molar-refractivity contribution in [3.05, 3.63) is 88.2 Å². The number of benzene rings is 2. The number of para-hydroxylation sites is 2. The van der Waals surface area contributed by atoms with E-state index < -0.39 is 0 Å². The maximum Gasteiger partial charge on any atom is 0.260 e. The summed E-state index contributed by atoms with van der Waals surface area (Å²) >= 11 is 12.1.